The fourth-order valence-electron chi connectivity index (χ4n) is 0.955. The molecule has 0 unspecified atom stereocenters. The maximum atomic E-state index is 3.77. The molecule has 0 saturated carbocycles. The zero-order valence-corrected chi connectivity index (χ0v) is 13.1. The smallest absolute Gasteiger partial charge is 0.0717 e. The van der Waals surface area contributed by atoms with Crippen molar-refractivity contribution in [3.63, 3.8) is 0 Å². The van der Waals surface area contributed by atoms with E-state index in [0.717, 1.165) is 0 Å². The van der Waals surface area contributed by atoms with Gasteiger partial charge < -0.3 is 0 Å². The van der Waals surface area contributed by atoms with Gasteiger partial charge in [0, 0.05) is 0 Å². The number of thioether (sulfide) groups is 6. The Bertz CT molecular complexity index is 370. The highest BCUT2D eigenvalue weighted by molar-refractivity contribution is 8.42. The van der Waals surface area contributed by atoms with E-state index in [2.05, 4.69) is 24.0 Å². The monoisotopic (exact) mass is 320 g/mol. The van der Waals surface area contributed by atoms with Gasteiger partial charge in [0.25, 0.3) is 0 Å². The van der Waals surface area contributed by atoms with Crippen LogP contribution < -0.4 is 0 Å². The predicted molar refractivity (Wildman–Crippen MR) is 89.1 cm³/mol. The summed E-state index contributed by atoms with van der Waals surface area (Å²) in [5.74, 6) is 0. The third-order valence-electron chi connectivity index (χ3n) is 1.49. The van der Waals surface area contributed by atoms with Gasteiger partial charge in [-0.3, -0.25) is 0 Å². The normalized spacial score (nSPS) is 19.8. The van der Waals surface area contributed by atoms with Gasteiger partial charge in [0.1, 0.15) is 0 Å². The van der Waals surface area contributed by atoms with Gasteiger partial charge in [-0.05, 0) is 21.6 Å². The molecule has 0 aromatic carbocycles. The Morgan fingerprint density at radius 1 is 0.875 bits per heavy atom. The van der Waals surface area contributed by atoms with Gasteiger partial charge in [-0.25, -0.2) is 0 Å². The molecule has 0 fully saturated rings. The average Bonchev–Trinajstić information content (AvgIpc) is 2.89. The summed E-state index contributed by atoms with van der Waals surface area (Å²) >= 11 is 10.7. The minimum atomic E-state index is 1.32. The van der Waals surface area contributed by atoms with Crippen LogP contribution in [0.5, 0.6) is 0 Å². The highest BCUT2D eigenvalue weighted by Crippen LogP contribution is 2.61. The van der Waals surface area contributed by atoms with E-state index in [1.54, 1.807) is 47.0 Å². The molecule has 0 aliphatic carbocycles. The van der Waals surface area contributed by atoms with Gasteiger partial charge in [-0.15, -0.1) is 0 Å². The maximum Gasteiger partial charge on any atom is 0.0717 e. The third kappa shape index (κ3) is 3.17. The molecular formula is C10H8S6. The molecule has 16 heavy (non-hydrogen) atoms. The van der Waals surface area contributed by atoms with E-state index in [4.69, 9.17) is 0 Å². The summed E-state index contributed by atoms with van der Waals surface area (Å²) in [6, 6.07) is 0. The van der Waals surface area contributed by atoms with Crippen molar-refractivity contribution >= 4 is 70.6 Å². The molecule has 2 aliphatic heterocycles. The Morgan fingerprint density at radius 2 is 1.38 bits per heavy atom. The summed E-state index contributed by atoms with van der Waals surface area (Å²) in [5, 5.41) is 8.03. The number of rotatable bonds is 4. The molecule has 0 nitrogen and oxygen atoms in total. The minimum absolute atomic E-state index is 1.32. The average molecular weight is 321 g/mol. The third-order valence-corrected chi connectivity index (χ3v) is 8.96. The molecule has 2 heterocycles. The van der Waals surface area contributed by atoms with Crippen molar-refractivity contribution < 1.29 is 0 Å². The van der Waals surface area contributed by atoms with Crippen molar-refractivity contribution in [1.82, 2.24) is 0 Å². The van der Waals surface area contributed by atoms with Gasteiger partial charge >= 0.3 is 0 Å². The first kappa shape index (κ1) is 13.2. The highest BCUT2D eigenvalue weighted by Gasteiger charge is 2.24. The fraction of sp³-hybridized carbons (Fsp3) is 0. The summed E-state index contributed by atoms with van der Waals surface area (Å²) in [7, 11) is 0. The van der Waals surface area contributed by atoms with Crippen molar-refractivity contribution in [1.29, 1.82) is 0 Å². The lowest BCUT2D eigenvalue weighted by atomic mass is 11.2. The predicted octanol–water partition coefficient (Wildman–Crippen LogP) is 6.42. The molecular weight excluding hydrogens is 313 g/mol. The molecule has 0 radical (unpaired) electrons. The van der Waals surface area contributed by atoms with E-state index in [0.29, 0.717) is 0 Å². The van der Waals surface area contributed by atoms with Crippen LogP contribution in [-0.4, -0.2) is 0 Å². The van der Waals surface area contributed by atoms with Crippen molar-refractivity contribution in [2.24, 2.45) is 0 Å². The van der Waals surface area contributed by atoms with Gasteiger partial charge in [0.05, 0.1) is 16.9 Å². The molecule has 2 rings (SSSR count). The molecule has 0 bridgehead atoms. The summed E-state index contributed by atoms with van der Waals surface area (Å²) in [5.41, 5.74) is 0. The lowest BCUT2D eigenvalue weighted by Crippen LogP contribution is -1.65. The van der Waals surface area contributed by atoms with E-state index in [9.17, 15) is 0 Å². The number of hydrogen-bond donors (Lipinski definition) is 0. The molecule has 0 N–H and O–H groups in total. The van der Waals surface area contributed by atoms with Crippen LogP contribution >= 0.6 is 70.6 Å². The van der Waals surface area contributed by atoms with Crippen molar-refractivity contribution in [2.45, 2.75) is 0 Å². The Kier molecular flexibility index (Phi) is 5.51. The van der Waals surface area contributed by atoms with Gasteiger partial charge in [-0.1, -0.05) is 83.7 Å². The summed E-state index contributed by atoms with van der Waals surface area (Å²) in [6.07, 6.45) is 0. The fourth-order valence-corrected chi connectivity index (χ4v) is 7.99. The highest BCUT2D eigenvalue weighted by atomic mass is 32.3. The Hall–Kier alpha value is 0.800. The van der Waals surface area contributed by atoms with E-state index >= 15 is 0 Å². The van der Waals surface area contributed by atoms with Crippen molar-refractivity contribution in [2.75, 3.05) is 0 Å². The van der Waals surface area contributed by atoms with Crippen LogP contribution in [0.4, 0.5) is 0 Å². The zero-order chi connectivity index (χ0) is 11.4. The van der Waals surface area contributed by atoms with E-state index in [1.165, 1.54) is 16.9 Å². The second-order valence-corrected chi connectivity index (χ2v) is 9.29. The van der Waals surface area contributed by atoms with E-state index in [-0.39, 0.29) is 0 Å². The van der Waals surface area contributed by atoms with Crippen LogP contribution in [-0.2, 0) is 0 Å². The molecule has 6 heteroatoms. The quantitative estimate of drug-likeness (QED) is 0.581. The van der Waals surface area contributed by atoms with Crippen LogP contribution in [0, 0.1) is 0 Å². The lowest BCUT2D eigenvalue weighted by molar-refractivity contribution is 2.36. The summed E-state index contributed by atoms with van der Waals surface area (Å²) < 4.78 is 5.41. The van der Waals surface area contributed by atoms with Crippen LogP contribution in [0.15, 0.2) is 51.7 Å². The Morgan fingerprint density at radius 3 is 1.81 bits per heavy atom. The van der Waals surface area contributed by atoms with Crippen LogP contribution in [0.2, 0.25) is 0 Å². The van der Waals surface area contributed by atoms with Crippen LogP contribution in [0.25, 0.3) is 0 Å². The van der Waals surface area contributed by atoms with Crippen LogP contribution in [0.3, 0.4) is 0 Å². The van der Waals surface area contributed by atoms with Gasteiger partial charge in [0.2, 0.25) is 0 Å². The molecule has 0 atom stereocenters. The molecule has 0 aromatic heterocycles. The second kappa shape index (κ2) is 6.66. The van der Waals surface area contributed by atoms with E-state index in [1.807, 2.05) is 34.3 Å². The second-order valence-electron chi connectivity index (χ2n) is 2.43. The summed E-state index contributed by atoms with van der Waals surface area (Å²) in [6.45, 7) is 7.55. The largest absolute Gasteiger partial charge is 0.0923 e. The maximum absolute atomic E-state index is 3.77. The summed E-state index contributed by atoms with van der Waals surface area (Å²) in [4.78, 5) is 0. The van der Waals surface area contributed by atoms with Gasteiger partial charge in [0.15, 0.2) is 0 Å². The van der Waals surface area contributed by atoms with E-state index < -0.39 is 0 Å². The first-order valence-electron chi connectivity index (χ1n) is 4.23. The zero-order valence-electron chi connectivity index (χ0n) is 8.17. The Balaban J connectivity index is 2.14. The molecule has 0 saturated heterocycles. The number of hydrogen-bond acceptors (Lipinski definition) is 6. The Labute approximate surface area is 121 Å². The van der Waals surface area contributed by atoms with Crippen LogP contribution in [0.1, 0.15) is 0 Å². The van der Waals surface area contributed by atoms with Gasteiger partial charge in [-0.2, -0.15) is 0 Å². The topological polar surface area (TPSA) is 0 Å². The van der Waals surface area contributed by atoms with Crippen molar-refractivity contribution in [3.8, 4) is 0 Å². The molecule has 0 spiro atoms. The molecule has 2 aliphatic rings. The molecule has 0 aromatic rings. The van der Waals surface area contributed by atoms with Crippen molar-refractivity contribution in [3.05, 3.63) is 51.7 Å². The first-order valence-corrected chi connectivity index (χ1v) is 9.38. The first-order chi connectivity index (χ1) is 7.85. The SMILES string of the molecule is C=CSC1=C(SC=C)SC(=C2SC=CS2)S1. The molecule has 84 valence electrons. The lowest BCUT2D eigenvalue weighted by Gasteiger charge is -1.99. The molecule has 0 amide bonds. The standard InChI is InChI=1S/C10H8S6/c1-3-11-8-9(12-4-2)16-10(15-8)7-13-5-6-14-7/h3-6H,1-2H2. The minimum Gasteiger partial charge on any atom is -0.0923 e.